The van der Waals surface area contributed by atoms with Crippen LogP contribution < -0.4 is 0 Å². The molecule has 3 nitrogen and oxygen atoms in total. The fourth-order valence-corrected chi connectivity index (χ4v) is 2.35. The minimum absolute atomic E-state index is 0.358. The Morgan fingerprint density at radius 2 is 1.95 bits per heavy atom. The molecule has 2 rings (SSSR count). The van der Waals surface area contributed by atoms with Crippen LogP contribution in [0.3, 0.4) is 0 Å². The number of rotatable bonds is 1. The molecule has 0 bridgehead atoms. The lowest BCUT2D eigenvalue weighted by atomic mass is 10.1. The molecule has 0 aliphatic carbocycles. The van der Waals surface area contributed by atoms with Crippen LogP contribution in [0, 0.1) is 12.7 Å². The van der Waals surface area contributed by atoms with Crippen LogP contribution in [0.15, 0.2) is 34.9 Å². The van der Waals surface area contributed by atoms with Crippen molar-refractivity contribution in [3.05, 3.63) is 46.3 Å². The van der Waals surface area contributed by atoms with Gasteiger partial charge in [-0.15, -0.1) is 0 Å². The molecule has 1 heterocycles. The zero-order valence-corrected chi connectivity index (χ0v) is 14.0. The normalized spacial score (nSPS) is 11.5. The Morgan fingerprint density at radius 1 is 1.29 bits per heavy atom. The topological polar surface area (TPSA) is 31.2 Å². The summed E-state index contributed by atoms with van der Waals surface area (Å²) in [5.41, 5.74) is 1.02. The summed E-state index contributed by atoms with van der Waals surface area (Å²) in [6.07, 6.45) is 1.03. The van der Waals surface area contributed by atoms with Gasteiger partial charge in [-0.3, -0.25) is 4.57 Å². The molecule has 0 fully saturated rings. The van der Waals surface area contributed by atoms with Crippen molar-refractivity contribution < 1.29 is 13.9 Å². The Bertz CT molecular complexity index is 686. The number of aryl methyl sites for hydroxylation is 1. The molecule has 5 heteroatoms. The Labute approximate surface area is 131 Å². The first kappa shape index (κ1) is 15.8. The summed E-state index contributed by atoms with van der Waals surface area (Å²) in [6, 6.07) is 6.60. The second kappa shape index (κ2) is 5.64. The van der Waals surface area contributed by atoms with E-state index < -0.39 is 11.7 Å². The maximum absolute atomic E-state index is 14.1. The third-order valence-corrected chi connectivity index (χ3v) is 3.21. The zero-order chi connectivity index (χ0) is 15.8. The van der Waals surface area contributed by atoms with Crippen molar-refractivity contribution >= 4 is 22.0 Å². The van der Waals surface area contributed by atoms with E-state index in [1.165, 1.54) is 10.6 Å². The average molecular weight is 354 g/mol. The molecule has 0 saturated heterocycles. The zero-order valence-electron chi connectivity index (χ0n) is 12.4. The van der Waals surface area contributed by atoms with Crippen LogP contribution in [0.2, 0.25) is 0 Å². The molecule has 0 atom stereocenters. The number of carbonyl (C=O) groups is 1. The summed E-state index contributed by atoms with van der Waals surface area (Å²) in [6.45, 7) is 7.18. The van der Waals surface area contributed by atoms with Crippen LogP contribution in [0.25, 0.3) is 11.3 Å². The van der Waals surface area contributed by atoms with Crippen LogP contribution in [0.4, 0.5) is 9.18 Å². The van der Waals surface area contributed by atoms with Crippen molar-refractivity contribution in [1.82, 2.24) is 4.57 Å². The van der Waals surface area contributed by atoms with E-state index in [1.54, 1.807) is 45.2 Å². The van der Waals surface area contributed by atoms with Crippen molar-refractivity contribution in [1.29, 1.82) is 0 Å². The fourth-order valence-electron chi connectivity index (χ4n) is 1.93. The van der Waals surface area contributed by atoms with Gasteiger partial charge in [-0.25, -0.2) is 9.18 Å². The van der Waals surface area contributed by atoms with Crippen LogP contribution >= 0.6 is 15.9 Å². The lowest BCUT2D eigenvalue weighted by Gasteiger charge is -2.20. The van der Waals surface area contributed by atoms with E-state index in [-0.39, 0.29) is 5.82 Å². The molecule has 0 spiro atoms. The predicted molar refractivity (Wildman–Crippen MR) is 83.9 cm³/mol. The van der Waals surface area contributed by atoms with Crippen molar-refractivity contribution in [3.8, 4) is 11.3 Å². The Balaban J connectivity index is 2.48. The first-order chi connectivity index (χ1) is 9.67. The fraction of sp³-hybridized carbons (Fsp3) is 0.312. The third-order valence-electron chi connectivity index (χ3n) is 2.78. The monoisotopic (exact) mass is 353 g/mol. The molecular formula is C16H17BrFNO2. The molecule has 0 N–H and O–H groups in total. The SMILES string of the molecule is Cc1ccc(-c2cc(Br)cn2C(=O)OC(C)(C)C)c(F)c1. The third kappa shape index (κ3) is 3.73. The van der Waals surface area contributed by atoms with Gasteiger partial charge in [0.2, 0.25) is 0 Å². The predicted octanol–water partition coefficient (Wildman–Crippen LogP) is 5.15. The van der Waals surface area contributed by atoms with E-state index >= 15 is 0 Å². The number of halogens is 2. The molecule has 1 aromatic carbocycles. The largest absolute Gasteiger partial charge is 0.443 e. The minimum Gasteiger partial charge on any atom is -0.443 e. The molecule has 0 radical (unpaired) electrons. The molecule has 1 aromatic heterocycles. The Kier molecular flexibility index (Phi) is 4.23. The average Bonchev–Trinajstić information content (AvgIpc) is 2.69. The smallest absolute Gasteiger partial charge is 0.419 e. The summed E-state index contributed by atoms with van der Waals surface area (Å²) in [4.78, 5) is 12.2. The number of hydrogen-bond acceptors (Lipinski definition) is 2. The van der Waals surface area contributed by atoms with Crippen molar-refractivity contribution in [3.63, 3.8) is 0 Å². The molecule has 0 unspecified atom stereocenters. The van der Waals surface area contributed by atoms with E-state index in [2.05, 4.69) is 15.9 Å². The molecule has 21 heavy (non-hydrogen) atoms. The van der Waals surface area contributed by atoms with Gasteiger partial charge >= 0.3 is 6.09 Å². The van der Waals surface area contributed by atoms with Crippen LogP contribution in [-0.2, 0) is 4.74 Å². The van der Waals surface area contributed by atoms with Crippen LogP contribution in [0.1, 0.15) is 26.3 Å². The summed E-state index contributed by atoms with van der Waals surface area (Å²) < 4.78 is 21.5. The van der Waals surface area contributed by atoms with E-state index in [0.717, 1.165) is 5.56 Å². The van der Waals surface area contributed by atoms with Gasteiger partial charge in [-0.1, -0.05) is 6.07 Å². The van der Waals surface area contributed by atoms with E-state index in [1.807, 2.05) is 6.92 Å². The highest BCUT2D eigenvalue weighted by atomic mass is 79.9. The van der Waals surface area contributed by atoms with E-state index in [4.69, 9.17) is 4.74 Å². The lowest BCUT2D eigenvalue weighted by molar-refractivity contribution is 0.0540. The minimum atomic E-state index is -0.614. The van der Waals surface area contributed by atoms with Crippen molar-refractivity contribution in [2.45, 2.75) is 33.3 Å². The second-order valence-electron chi connectivity index (χ2n) is 5.88. The van der Waals surface area contributed by atoms with Gasteiger partial charge in [0.05, 0.1) is 5.69 Å². The molecule has 112 valence electrons. The molecule has 2 aromatic rings. The second-order valence-corrected chi connectivity index (χ2v) is 6.79. The molecule has 0 aliphatic rings. The van der Waals surface area contributed by atoms with Gasteiger partial charge in [-0.2, -0.15) is 0 Å². The van der Waals surface area contributed by atoms with Gasteiger partial charge in [0, 0.05) is 16.2 Å². The van der Waals surface area contributed by atoms with Crippen molar-refractivity contribution in [2.24, 2.45) is 0 Å². The first-order valence-corrected chi connectivity index (χ1v) is 7.34. The van der Waals surface area contributed by atoms with Crippen LogP contribution in [-0.4, -0.2) is 16.3 Å². The summed E-state index contributed by atoms with van der Waals surface area (Å²) in [5.74, 6) is -0.370. The van der Waals surface area contributed by atoms with Gasteiger partial charge in [0.25, 0.3) is 0 Å². The summed E-state index contributed by atoms with van der Waals surface area (Å²) in [7, 11) is 0. The summed E-state index contributed by atoms with van der Waals surface area (Å²) in [5, 5.41) is 0. The number of benzene rings is 1. The standard InChI is InChI=1S/C16H17BrFNO2/c1-10-5-6-12(13(18)7-10)14-8-11(17)9-19(14)15(20)21-16(2,3)4/h5-9H,1-4H3. The number of nitrogens with zero attached hydrogens (tertiary/aromatic N) is 1. The van der Waals surface area contributed by atoms with Gasteiger partial charge in [0.15, 0.2) is 0 Å². The Morgan fingerprint density at radius 3 is 2.52 bits per heavy atom. The van der Waals surface area contributed by atoms with Crippen LogP contribution in [0.5, 0.6) is 0 Å². The highest BCUT2D eigenvalue weighted by molar-refractivity contribution is 9.10. The van der Waals surface area contributed by atoms with Crippen molar-refractivity contribution in [2.75, 3.05) is 0 Å². The highest BCUT2D eigenvalue weighted by Crippen LogP contribution is 2.29. The van der Waals surface area contributed by atoms with E-state index in [0.29, 0.717) is 15.7 Å². The molecule has 0 amide bonds. The number of aromatic nitrogens is 1. The molecule has 0 aliphatic heterocycles. The van der Waals surface area contributed by atoms with E-state index in [9.17, 15) is 9.18 Å². The quantitative estimate of drug-likeness (QED) is 0.709. The number of hydrogen-bond donors (Lipinski definition) is 0. The van der Waals surface area contributed by atoms with Gasteiger partial charge in [-0.05, 0) is 67.4 Å². The number of ether oxygens (including phenoxy) is 1. The maximum atomic E-state index is 14.1. The number of carbonyl (C=O) groups excluding carboxylic acids is 1. The molecule has 0 saturated carbocycles. The maximum Gasteiger partial charge on any atom is 0.419 e. The van der Waals surface area contributed by atoms with Gasteiger partial charge < -0.3 is 4.74 Å². The first-order valence-electron chi connectivity index (χ1n) is 6.55. The van der Waals surface area contributed by atoms with Gasteiger partial charge in [0.1, 0.15) is 11.4 Å². The highest BCUT2D eigenvalue weighted by Gasteiger charge is 2.22. The Hall–Kier alpha value is -1.62. The molecular weight excluding hydrogens is 337 g/mol. The lowest BCUT2D eigenvalue weighted by Crippen LogP contribution is -2.27. The summed E-state index contributed by atoms with van der Waals surface area (Å²) >= 11 is 3.32.